The first-order chi connectivity index (χ1) is 8.49. The van der Waals surface area contributed by atoms with Crippen LogP contribution in [0.4, 0.5) is 14.5 Å². The summed E-state index contributed by atoms with van der Waals surface area (Å²) in [6.07, 6.45) is 0. The lowest BCUT2D eigenvalue weighted by Gasteiger charge is -2.06. The van der Waals surface area contributed by atoms with Crippen molar-refractivity contribution < 1.29 is 13.6 Å². The number of rotatable bonds is 2. The molecule has 0 amide bonds. The molecule has 0 aliphatic heterocycles. The van der Waals surface area contributed by atoms with Gasteiger partial charge in [0.15, 0.2) is 5.78 Å². The van der Waals surface area contributed by atoms with Gasteiger partial charge in [0.05, 0.1) is 5.56 Å². The zero-order chi connectivity index (χ0) is 13.3. The van der Waals surface area contributed by atoms with E-state index in [0.29, 0.717) is 10.2 Å². The van der Waals surface area contributed by atoms with E-state index in [2.05, 4.69) is 15.9 Å². The monoisotopic (exact) mass is 311 g/mol. The van der Waals surface area contributed by atoms with Crippen molar-refractivity contribution in [2.45, 2.75) is 0 Å². The Balaban J connectivity index is 2.54. The van der Waals surface area contributed by atoms with Gasteiger partial charge in [-0.3, -0.25) is 4.79 Å². The Hall–Kier alpha value is -1.75. The van der Waals surface area contributed by atoms with E-state index in [4.69, 9.17) is 5.73 Å². The van der Waals surface area contributed by atoms with Gasteiger partial charge in [-0.05, 0) is 36.4 Å². The van der Waals surface area contributed by atoms with E-state index in [1.165, 1.54) is 6.07 Å². The number of hydrogen-bond acceptors (Lipinski definition) is 2. The Kier molecular flexibility index (Phi) is 3.43. The van der Waals surface area contributed by atoms with E-state index in [9.17, 15) is 13.6 Å². The van der Waals surface area contributed by atoms with Crippen LogP contribution in [0.25, 0.3) is 0 Å². The standard InChI is InChI=1S/C13H8BrF2NO/c14-11-3-2-8(17)6-9(11)13(18)10-5-7(15)1-4-12(10)16/h1-6H,17H2. The van der Waals surface area contributed by atoms with Crippen LogP contribution in [-0.2, 0) is 0 Å². The van der Waals surface area contributed by atoms with Crippen LogP contribution in [0.15, 0.2) is 40.9 Å². The van der Waals surface area contributed by atoms with Crippen LogP contribution in [0.1, 0.15) is 15.9 Å². The van der Waals surface area contributed by atoms with Crippen LogP contribution in [0.5, 0.6) is 0 Å². The van der Waals surface area contributed by atoms with Gasteiger partial charge in [-0.25, -0.2) is 8.78 Å². The van der Waals surface area contributed by atoms with Crippen molar-refractivity contribution in [3.05, 3.63) is 63.6 Å². The molecular formula is C13H8BrF2NO. The van der Waals surface area contributed by atoms with Gasteiger partial charge in [-0.2, -0.15) is 0 Å². The molecule has 2 N–H and O–H groups in total. The molecule has 0 saturated carbocycles. The summed E-state index contributed by atoms with van der Waals surface area (Å²) in [5.74, 6) is -2.05. The number of carbonyl (C=O) groups excluding carboxylic acids is 1. The molecule has 0 bridgehead atoms. The number of benzene rings is 2. The summed E-state index contributed by atoms with van der Waals surface area (Å²) in [5, 5.41) is 0. The van der Waals surface area contributed by atoms with Gasteiger partial charge in [0.25, 0.3) is 0 Å². The first-order valence-electron chi connectivity index (χ1n) is 5.04. The molecule has 0 radical (unpaired) electrons. The minimum atomic E-state index is -0.768. The summed E-state index contributed by atoms with van der Waals surface area (Å²) in [6, 6.07) is 7.34. The van der Waals surface area contributed by atoms with Crippen molar-refractivity contribution in [1.82, 2.24) is 0 Å². The van der Waals surface area contributed by atoms with Crippen LogP contribution in [0, 0.1) is 11.6 Å². The van der Waals surface area contributed by atoms with Gasteiger partial charge in [0, 0.05) is 15.7 Å². The predicted molar refractivity (Wildman–Crippen MR) is 68.3 cm³/mol. The largest absolute Gasteiger partial charge is 0.399 e. The minimum absolute atomic E-state index is 0.194. The fraction of sp³-hybridized carbons (Fsp3) is 0. The van der Waals surface area contributed by atoms with Crippen LogP contribution in [-0.4, -0.2) is 5.78 Å². The fourth-order valence-corrected chi connectivity index (χ4v) is 1.96. The molecule has 0 aliphatic rings. The summed E-state index contributed by atoms with van der Waals surface area (Å²) < 4.78 is 27.0. The van der Waals surface area contributed by atoms with Crippen molar-refractivity contribution in [3.8, 4) is 0 Å². The molecule has 0 atom stereocenters. The topological polar surface area (TPSA) is 43.1 Å². The number of anilines is 1. The van der Waals surface area contributed by atoms with Gasteiger partial charge in [-0.1, -0.05) is 15.9 Å². The Morgan fingerprint density at radius 2 is 1.78 bits per heavy atom. The molecule has 2 aromatic carbocycles. The van der Waals surface area contributed by atoms with Gasteiger partial charge in [0.2, 0.25) is 0 Å². The maximum absolute atomic E-state index is 13.5. The van der Waals surface area contributed by atoms with Gasteiger partial charge in [0.1, 0.15) is 11.6 Å². The van der Waals surface area contributed by atoms with E-state index in [1.807, 2.05) is 0 Å². The number of carbonyl (C=O) groups is 1. The lowest BCUT2D eigenvalue weighted by Crippen LogP contribution is -2.06. The first-order valence-corrected chi connectivity index (χ1v) is 5.83. The number of halogens is 3. The van der Waals surface area contributed by atoms with Crippen LogP contribution < -0.4 is 5.73 Å². The van der Waals surface area contributed by atoms with E-state index in [0.717, 1.165) is 18.2 Å². The highest BCUT2D eigenvalue weighted by Crippen LogP contribution is 2.24. The summed E-state index contributed by atoms with van der Waals surface area (Å²) in [4.78, 5) is 12.1. The molecule has 0 fully saturated rings. The molecule has 0 aliphatic carbocycles. The quantitative estimate of drug-likeness (QED) is 0.681. The fourth-order valence-electron chi connectivity index (χ4n) is 1.53. The molecule has 92 valence electrons. The Labute approximate surface area is 111 Å². The highest BCUT2D eigenvalue weighted by Gasteiger charge is 2.17. The Bertz CT molecular complexity index is 575. The Morgan fingerprint density at radius 1 is 1.06 bits per heavy atom. The maximum atomic E-state index is 13.5. The molecule has 0 saturated heterocycles. The van der Waals surface area contributed by atoms with Crippen LogP contribution in [0.2, 0.25) is 0 Å². The van der Waals surface area contributed by atoms with Gasteiger partial charge in [-0.15, -0.1) is 0 Å². The van der Waals surface area contributed by atoms with Crippen molar-refractivity contribution in [2.75, 3.05) is 5.73 Å². The molecule has 18 heavy (non-hydrogen) atoms. The van der Waals surface area contributed by atoms with Crippen molar-refractivity contribution in [3.63, 3.8) is 0 Å². The van der Waals surface area contributed by atoms with Crippen molar-refractivity contribution in [2.24, 2.45) is 0 Å². The number of ketones is 1. The summed E-state index contributed by atoms with van der Waals surface area (Å²) in [5.41, 5.74) is 5.82. The molecule has 2 nitrogen and oxygen atoms in total. The SMILES string of the molecule is Nc1ccc(Br)c(C(=O)c2cc(F)ccc2F)c1. The maximum Gasteiger partial charge on any atom is 0.197 e. The second kappa shape index (κ2) is 4.86. The average Bonchev–Trinajstić information content (AvgIpc) is 2.34. The number of nitrogens with two attached hydrogens (primary N) is 1. The molecular weight excluding hydrogens is 304 g/mol. The Morgan fingerprint density at radius 3 is 2.50 bits per heavy atom. The van der Waals surface area contributed by atoms with Gasteiger partial charge >= 0.3 is 0 Å². The second-order valence-corrected chi connectivity index (χ2v) is 4.55. The molecule has 0 unspecified atom stereocenters. The van der Waals surface area contributed by atoms with Gasteiger partial charge < -0.3 is 5.73 Å². The van der Waals surface area contributed by atoms with Crippen LogP contribution in [0.3, 0.4) is 0 Å². The lowest BCUT2D eigenvalue weighted by atomic mass is 10.0. The third kappa shape index (κ3) is 2.41. The van der Waals surface area contributed by atoms with E-state index >= 15 is 0 Å². The highest BCUT2D eigenvalue weighted by molar-refractivity contribution is 9.10. The molecule has 5 heteroatoms. The summed E-state index contributed by atoms with van der Waals surface area (Å²) in [6.45, 7) is 0. The highest BCUT2D eigenvalue weighted by atomic mass is 79.9. The predicted octanol–water partition coefficient (Wildman–Crippen LogP) is 3.54. The second-order valence-electron chi connectivity index (χ2n) is 3.69. The smallest absolute Gasteiger partial charge is 0.197 e. The molecule has 0 aromatic heterocycles. The van der Waals surface area contributed by atoms with Crippen molar-refractivity contribution >= 4 is 27.4 Å². The molecule has 0 spiro atoms. The number of hydrogen-bond donors (Lipinski definition) is 1. The molecule has 2 rings (SSSR count). The first kappa shape index (κ1) is 12.7. The third-order valence-electron chi connectivity index (χ3n) is 2.41. The minimum Gasteiger partial charge on any atom is -0.399 e. The zero-order valence-electron chi connectivity index (χ0n) is 9.08. The summed E-state index contributed by atoms with van der Waals surface area (Å²) >= 11 is 3.18. The third-order valence-corrected chi connectivity index (χ3v) is 3.10. The zero-order valence-corrected chi connectivity index (χ0v) is 10.7. The normalized spacial score (nSPS) is 10.4. The van der Waals surface area contributed by atoms with E-state index < -0.39 is 17.4 Å². The van der Waals surface area contributed by atoms with E-state index in [-0.39, 0.29) is 11.1 Å². The van der Waals surface area contributed by atoms with Crippen molar-refractivity contribution in [1.29, 1.82) is 0 Å². The molecule has 2 aromatic rings. The summed E-state index contributed by atoms with van der Waals surface area (Å²) in [7, 11) is 0. The average molecular weight is 312 g/mol. The lowest BCUT2D eigenvalue weighted by molar-refractivity contribution is 0.103. The van der Waals surface area contributed by atoms with Crippen LogP contribution >= 0.6 is 15.9 Å². The van der Waals surface area contributed by atoms with E-state index in [1.54, 1.807) is 12.1 Å². The molecule has 0 heterocycles. The number of nitrogen functional groups attached to an aromatic ring is 1.